The second kappa shape index (κ2) is 7.86. The summed E-state index contributed by atoms with van der Waals surface area (Å²) in [7, 11) is 0. The van der Waals surface area contributed by atoms with E-state index in [1.54, 1.807) is 30.3 Å². The Morgan fingerprint density at radius 2 is 1.81 bits per heavy atom. The summed E-state index contributed by atoms with van der Waals surface area (Å²) < 4.78 is 38.1. The van der Waals surface area contributed by atoms with Gasteiger partial charge in [0.05, 0.1) is 16.8 Å². The van der Waals surface area contributed by atoms with Crippen LogP contribution in [-0.4, -0.2) is 5.91 Å². The summed E-state index contributed by atoms with van der Waals surface area (Å²) in [4.78, 5) is 12.1. The number of nitriles is 2. The maximum absolute atomic E-state index is 12.7. The average molecular weight is 356 g/mol. The van der Waals surface area contributed by atoms with Crippen LogP contribution in [0.4, 0.5) is 24.5 Å². The number of hydrogen-bond donors (Lipinski definition) is 2. The molecule has 0 saturated heterocycles. The molecular weight excluding hydrogens is 345 g/mol. The van der Waals surface area contributed by atoms with E-state index in [-0.39, 0.29) is 11.3 Å². The predicted octanol–water partition coefficient (Wildman–Crippen LogP) is 4.04. The third-order valence-corrected chi connectivity index (χ3v) is 3.23. The Bertz CT molecular complexity index is 936. The molecule has 0 heterocycles. The van der Waals surface area contributed by atoms with Gasteiger partial charge in [0.2, 0.25) is 0 Å². The van der Waals surface area contributed by atoms with Crippen LogP contribution in [0, 0.1) is 22.7 Å². The lowest BCUT2D eigenvalue weighted by atomic mass is 10.2. The minimum absolute atomic E-state index is 0.0941. The maximum atomic E-state index is 12.7. The topological polar surface area (TPSA) is 88.7 Å². The first kappa shape index (κ1) is 18.6. The molecule has 5 nitrogen and oxygen atoms in total. The fourth-order valence-corrected chi connectivity index (χ4v) is 1.98. The molecule has 0 saturated carbocycles. The molecule has 0 aliphatic heterocycles. The van der Waals surface area contributed by atoms with Crippen LogP contribution in [0.15, 0.2) is 60.3 Å². The second-order valence-corrected chi connectivity index (χ2v) is 5.00. The summed E-state index contributed by atoms with van der Waals surface area (Å²) in [5, 5.41) is 23.0. The van der Waals surface area contributed by atoms with Crippen molar-refractivity contribution in [3.63, 3.8) is 0 Å². The number of halogens is 3. The molecule has 2 aromatic carbocycles. The summed E-state index contributed by atoms with van der Waals surface area (Å²) in [6.45, 7) is 0. The van der Waals surface area contributed by atoms with Crippen LogP contribution in [0.3, 0.4) is 0 Å². The van der Waals surface area contributed by atoms with Crippen LogP contribution in [0.25, 0.3) is 0 Å². The minimum Gasteiger partial charge on any atom is -0.359 e. The van der Waals surface area contributed by atoms with Crippen molar-refractivity contribution >= 4 is 17.3 Å². The Labute approximate surface area is 147 Å². The molecule has 26 heavy (non-hydrogen) atoms. The number of benzene rings is 2. The normalized spacial score (nSPS) is 11.2. The highest BCUT2D eigenvalue weighted by molar-refractivity contribution is 6.06. The van der Waals surface area contributed by atoms with Crippen LogP contribution >= 0.6 is 0 Å². The van der Waals surface area contributed by atoms with Gasteiger partial charge in [0.15, 0.2) is 0 Å². The van der Waals surface area contributed by atoms with Gasteiger partial charge in [0.1, 0.15) is 17.7 Å². The molecule has 1 amide bonds. The molecular formula is C18H11F3N4O. The minimum atomic E-state index is -4.54. The monoisotopic (exact) mass is 356 g/mol. The van der Waals surface area contributed by atoms with Crippen LogP contribution in [-0.2, 0) is 11.0 Å². The third-order valence-electron chi connectivity index (χ3n) is 3.23. The Kier molecular flexibility index (Phi) is 5.61. The number of para-hydroxylation sites is 1. The van der Waals surface area contributed by atoms with Gasteiger partial charge in [-0.05, 0) is 30.3 Å². The highest BCUT2D eigenvalue weighted by Crippen LogP contribution is 2.30. The first-order valence-electron chi connectivity index (χ1n) is 7.19. The Morgan fingerprint density at radius 1 is 1.08 bits per heavy atom. The molecule has 0 aliphatic rings. The highest BCUT2D eigenvalue weighted by atomic mass is 19.4. The largest absolute Gasteiger partial charge is 0.416 e. The van der Waals surface area contributed by atoms with Crippen molar-refractivity contribution in [1.82, 2.24) is 0 Å². The van der Waals surface area contributed by atoms with Crippen molar-refractivity contribution in [2.75, 3.05) is 10.6 Å². The maximum Gasteiger partial charge on any atom is 0.416 e. The average Bonchev–Trinajstić information content (AvgIpc) is 2.62. The number of rotatable bonds is 4. The number of anilines is 2. The molecule has 2 rings (SSSR count). The number of carbonyl (C=O) groups is 1. The van der Waals surface area contributed by atoms with E-state index in [4.69, 9.17) is 10.5 Å². The Morgan fingerprint density at radius 3 is 2.46 bits per heavy atom. The van der Waals surface area contributed by atoms with Gasteiger partial charge in [-0.2, -0.15) is 23.7 Å². The van der Waals surface area contributed by atoms with E-state index < -0.39 is 17.6 Å². The van der Waals surface area contributed by atoms with E-state index in [1.165, 1.54) is 6.07 Å². The third kappa shape index (κ3) is 4.62. The fraction of sp³-hybridized carbons (Fsp3) is 0.0556. The zero-order valence-electron chi connectivity index (χ0n) is 13.1. The number of amides is 1. The summed E-state index contributed by atoms with van der Waals surface area (Å²) >= 11 is 0. The van der Waals surface area contributed by atoms with E-state index in [2.05, 4.69) is 10.6 Å². The predicted molar refractivity (Wildman–Crippen MR) is 88.5 cm³/mol. The van der Waals surface area contributed by atoms with Gasteiger partial charge in [0.25, 0.3) is 5.91 Å². The van der Waals surface area contributed by atoms with Crippen LogP contribution in [0.2, 0.25) is 0 Å². The van der Waals surface area contributed by atoms with Gasteiger partial charge >= 0.3 is 6.18 Å². The lowest BCUT2D eigenvalue weighted by molar-refractivity contribution is -0.137. The van der Waals surface area contributed by atoms with E-state index >= 15 is 0 Å². The van der Waals surface area contributed by atoms with Gasteiger partial charge in [-0.15, -0.1) is 0 Å². The van der Waals surface area contributed by atoms with E-state index in [1.807, 2.05) is 6.07 Å². The highest BCUT2D eigenvalue weighted by Gasteiger charge is 2.30. The molecule has 0 aliphatic carbocycles. The molecule has 0 unspecified atom stereocenters. The smallest absolute Gasteiger partial charge is 0.359 e. The van der Waals surface area contributed by atoms with Crippen molar-refractivity contribution in [3.8, 4) is 12.1 Å². The summed E-state index contributed by atoms with van der Waals surface area (Å²) in [5.41, 5.74) is -0.689. The molecule has 2 N–H and O–H groups in total. The molecule has 0 fully saturated rings. The summed E-state index contributed by atoms with van der Waals surface area (Å²) in [6, 6.07) is 14.1. The summed E-state index contributed by atoms with van der Waals surface area (Å²) in [6.07, 6.45) is -3.46. The van der Waals surface area contributed by atoms with Gasteiger partial charge < -0.3 is 10.6 Å². The zero-order chi connectivity index (χ0) is 19.2. The van der Waals surface area contributed by atoms with E-state index in [0.29, 0.717) is 11.3 Å². The fourth-order valence-electron chi connectivity index (χ4n) is 1.98. The first-order valence-corrected chi connectivity index (χ1v) is 7.19. The van der Waals surface area contributed by atoms with Gasteiger partial charge in [-0.25, -0.2) is 0 Å². The van der Waals surface area contributed by atoms with Crippen molar-refractivity contribution in [3.05, 3.63) is 71.4 Å². The molecule has 0 radical (unpaired) electrons. The van der Waals surface area contributed by atoms with Gasteiger partial charge in [-0.1, -0.05) is 18.2 Å². The standard InChI is InChI=1S/C18H11F3N4O/c19-18(20,21)14-5-3-6-15(8-14)25-17(26)13(10-23)11-24-16-7-2-1-4-12(16)9-22/h1-8,11,24H,(H,25,26)/b13-11-. The van der Waals surface area contributed by atoms with Crippen LogP contribution < -0.4 is 10.6 Å². The number of alkyl halides is 3. The quantitative estimate of drug-likeness (QED) is 0.639. The van der Waals surface area contributed by atoms with E-state index in [0.717, 1.165) is 24.4 Å². The molecule has 0 spiro atoms. The second-order valence-electron chi connectivity index (χ2n) is 5.00. The first-order chi connectivity index (χ1) is 12.3. The van der Waals surface area contributed by atoms with Gasteiger partial charge in [-0.3, -0.25) is 4.79 Å². The molecule has 0 aromatic heterocycles. The molecule has 130 valence electrons. The Balaban J connectivity index is 2.17. The van der Waals surface area contributed by atoms with Crippen molar-refractivity contribution in [2.24, 2.45) is 0 Å². The zero-order valence-corrected chi connectivity index (χ0v) is 13.1. The Hall–Kier alpha value is -3.78. The van der Waals surface area contributed by atoms with Crippen molar-refractivity contribution < 1.29 is 18.0 Å². The number of nitrogens with one attached hydrogen (secondary N) is 2. The number of carbonyl (C=O) groups excluding carboxylic acids is 1. The number of nitrogens with zero attached hydrogens (tertiary/aromatic N) is 2. The lowest BCUT2D eigenvalue weighted by Gasteiger charge is -2.10. The molecule has 8 heteroatoms. The van der Waals surface area contributed by atoms with Crippen molar-refractivity contribution in [2.45, 2.75) is 6.18 Å². The summed E-state index contributed by atoms with van der Waals surface area (Å²) in [5.74, 6) is -0.881. The van der Waals surface area contributed by atoms with Crippen LogP contribution in [0.1, 0.15) is 11.1 Å². The SMILES string of the molecule is N#C/C(=C/Nc1ccccc1C#N)C(=O)Nc1cccc(C(F)(F)F)c1. The molecule has 2 aromatic rings. The molecule has 0 bridgehead atoms. The lowest BCUT2D eigenvalue weighted by Crippen LogP contribution is -2.15. The van der Waals surface area contributed by atoms with Crippen LogP contribution in [0.5, 0.6) is 0 Å². The van der Waals surface area contributed by atoms with Gasteiger partial charge in [0, 0.05) is 11.9 Å². The van der Waals surface area contributed by atoms with E-state index in [9.17, 15) is 18.0 Å². The number of hydrogen-bond acceptors (Lipinski definition) is 4. The van der Waals surface area contributed by atoms with Crippen molar-refractivity contribution in [1.29, 1.82) is 10.5 Å². The molecule has 0 atom stereocenters.